The average molecular weight is 214 g/mol. The summed E-state index contributed by atoms with van der Waals surface area (Å²) >= 11 is 11.7. The van der Waals surface area contributed by atoms with Crippen LogP contribution in [0, 0.1) is 0 Å². The summed E-state index contributed by atoms with van der Waals surface area (Å²) in [5.41, 5.74) is 2.26. The molecule has 13 heavy (non-hydrogen) atoms. The van der Waals surface area contributed by atoms with Gasteiger partial charge in [0, 0.05) is 12.3 Å². The number of halogens is 2. The number of hydrogen-bond acceptors (Lipinski definition) is 1. The highest BCUT2D eigenvalue weighted by molar-refractivity contribution is 6.42. The lowest BCUT2D eigenvalue weighted by Crippen LogP contribution is -1.95. The smallest absolute Gasteiger partial charge is 0.0598 e. The Morgan fingerprint density at radius 2 is 2.00 bits per heavy atom. The van der Waals surface area contributed by atoms with Gasteiger partial charge in [-0.1, -0.05) is 29.3 Å². The largest absolute Gasteiger partial charge is 0.289 e. The minimum atomic E-state index is 0.601. The van der Waals surface area contributed by atoms with E-state index in [4.69, 9.17) is 23.2 Å². The van der Waals surface area contributed by atoms with Gasteiger partial charge in [-0.3, -0.25) is 4.99 Å². The van der Waals surface area contributed by atoms with E-state index in [2.05, 4.69) is 4.99 Å². The molecule has 1 aliphatic rings. The quantitative estimate of drug-likeness (QED) is 0.677. The second-order valence-electron chi connectivity index (χ2n) is 3.06. The van der Waals surface area contributed by atoms with Crippen LogP contribution in [0.25, 0.3) is 0 Å². The van der Waals surface area contributed by atoms with Crippen molar-refractivity contribution in [1.82, 2.24) is 0 Å². The monoisotopic (exact) mass is 213 g/mol. The molecular formula is C10H9Cl2N. The number of nitrogens with zero attached hydrogens (tertiary/aromatic N) is 1. The molecule has 0 radical (unpaired) electrons. The fourth-order valence-corrected chi connectivity index (χ4v) is 1.75. The van der Waals surface area contributed by atoms with Gasteiger partial charge < -0.3 is 0 Å². The molecular weight excluding hydrogens is 205 g/mol. The van der Waals surface area contributed by atoms with E-state index >= 15 is 0 Å². The molecule has 0 atom stereocenters. The maximum absolute atomic E-state index is 5.91. The van der Waals surface area contributed by atoms with Gasteiger partial charge in [0.05, 0.1) is 10.0 Å². The van der Waals surface area contributed by atoms with Gasteiger partial charge in [0.25, 0.3) is 0 Å². The lowest BCUT2D eigenvalue weighted by atomic mass is 10.1. The van der Waals surface area contributed by atoms with Gasteiger partial charge in [-0.05, 0) is 30.5 Å². The van der Waals surface area contributed by atoms with Crippen molar-refractivity contribution in [2.24, 2.45) is 4.99 Å². The summed E-state index contributed by atoms with van der Waals surface area (Å²) in [6.07, 6.45) is 2.20. The number of benzene rings is 1. The Morgan fingerprint density at radius 1 is 1.15 bits per heavy atom. The van der Waals surface area contributed by atoms with Crippen molar-refractivity contribution >= 4 is 28.9 Å². The molecule has 0 aliphatic carbocycles. The molecule has 0 aromatic heterocycles. The maximum atomic E-state index is 5.91. The highest BCUT2D eigenvalue weighted by atomic mass is 35.5. The summed E-state index contributed by atoms with van der Waals surface area (Å²) in [6, 6.07) is 5.67. The minimum Gasteiger partial charge on any atom is -0.289 e. The molecule has 1 heterocycles. The zero-order valence-electron chi connectivity index (χ0n) is 7.06. The van der Waals surface area contributed by atoms with Gasteiger partial charge in [-0.15, -0.1) is 0 Å². The summed E-state index contributed by atoms with van der Waals surface area (Å²) in [5.74, 6) is 0. The summed E-state index contributed by atoms with van der Waals surface area (Å²) in [4.78, 5) is 4.39. The van der Waals surface area contributed by atoms with Crippen LogP contribution >= 0.6 is 23.2 Å². The minimum absolute atomic E-state index is 0.601. The summed E-state index contributed by atoms with van der Waals surface area (Å²) < 4.78 is 0. The van der Waals surface area contributed by atoms with Crippen LogP contribution in [0.1, 0.15) is 18.4 Å². The first-order valence-corrected chi connectivity index (χ1v) is 5.02. The first kappa shape index (κ1) is 9.04. The van der Waals surface area contributed by atoms with Crippen molar-refractivity contribution in [1.29, 1.82) is 0 Å². The average Bonchev–Trinajstić information content (AvgIpc) is 2.62. The summed E-state index contributed by atoms with van der Waals surface area (Å²) in [7, 11) is 0. The molecule has 0 unspecified atom stereocenters. The van der Waals surface area contributed by atoms with E-state index in [1.54, 1.807) is 0 Å². The van der Waals surface area contributed by atoms with Crippen molar-refractivity contribution in [2.75, 3.05) is 6.54 Å². The van der Waals surface area contributed by atoms with Crippen LogP contribution in [0.3, 0.4) is 0 Å². The van der Waals surface area contributed by atoms with Crippen LogP contribution in [-0.2, 0) is 0 Å². The number of rotatable bonds is 1. The van der Waals surface area contributed by atoms with Crippen LogP contribution in [0.4, 0.5) is 0 Å². The van der Waals surface area contributed by atoms with Gasteiger partial charge in [0.2, 0.25) is 0 Å². The first-order valence-electron chi connectivity index (χ1n) is 4.26. The predicted octanol–water partition coefficient (Wildman–Crippen LogP) is 3.58. The molecule has 1 aliphatic heterocycles. The van der Waals surface area contributed by atoms with Gasteiger partial charge in [-0.25, -0.2) is 0 Å². The Kier molecular flexibility index (Phi) is 2.56. The standard InChI is InChI=1S/C10H9Cl2N/c11-8-4-3-7(6-9(8)12)10-2-1-5-13-10/h3-4,6H,1-2,5H2. The van der Waals surface area contributed by atoms with Crippen molar-refractivity contribution in [3.05, 3.63) is 33.8 Å². The van der Waals surface area contributed by atoms with Crippen molar-refractivity contribution in [2.45, 2.75) is 12.8 Å². The first-order chi connectivity index (χ1) is 6.27. The molecule has 0 bridgehead atoms. The number of aliphatic imine (C=N–C) groups is 1. The van der Waals surface area contributed by atoms with Gasteiger partial charge in [0.15, 0.2) is 0 Å². The van der Waals surface area contributed by atoms with E-state index in [0.717, 1.165) is 30.7 Å². The topological polar surface area (TPSA) is 12.4 Å². The third kappa shape index (κ3) is 1.87. The lowest BCUT2D eigenvalue weighted by Gasteiger charge is -2.01. The fraction of sp³-hybridized carbons (Fsp3) is 0.300. The maximum Gasteiger partial charge on any atom is 0.0598 e. The summed E-state index contributed by atoms with van der Waals surface area (Å²) in [5, 5.41) is 1.21. The van der Waals surface area contributed by atoms with Gasteiger partial charge in [0.1, 0.15) is 0 Å². The van der Waals surface area contributed by atoms with Gasteiger partial charge in [-0.2, -0.15) is 0 Å². The van der Waals surface area contributed by atoms with Crippen LogP contribution < -0.4 is 0 Å². The SMILES string of the molecule is Clc1ccc(C2=NCCC2)cc1Cl. The molecule has 68 valence electrons. The van der Waals surface area contributed by atoms with E-state index < -0.39 is 0 Å². The van der Waals surface area contributed by atoms with Crippen molar-refractivity contribution in [3.63, 3.8) is 0 Å². The third-order valence-corrected chi connectivity index (χ3v) is 2.87. The summed E-state index contributed by atoms with van der Waals surface area (Å²) in [6.45, 7) is 0.940. The Hall–Kier alpha value is -0.530. The zero-order chi connectivity index (χ0) is 9.26. The molecule has 0 N–H and O–H groups in total. The normalized spacial score (nSPS) is 16.0. The highest BCUT2D eigenvalue weighted by Crippen LogP contribution is 2.24. The third-order valence-electron chi connectivity index (χ3n) is 2.13. The zero-order valence-corrected chi connectivity index (χ0v) is 8.57. The van der Waals surface area contributed by atoms with Crippen LogP contribution in [0.15, 0.2) is 23.2 Å². The molecule has 0 saturated heterocycles. The molecule has 1 aromatic rings. The second kappa shape index (κ2) is 3.69. The Balaban J connectivity index is 2.36. The molecule has 0 spiro atoms. The Labute approximate surface area is 87.4 Å². The van der Waals surface area contributed by atoms with Crippen LogP contribution in [0.2, 0.25) is 10.0 Å². The molecule has 0 fully saturated rings. The molecule has 0 amide bonds. The van der Waals surface area contributed by atoms with Gasteiger partial charge >= 0.3 is 0 Å². The fourth-order valence-electron chi connectivity index (χ4n) is 1.45. The molecule has 1 aromatic carbocycles. The van der Waals surface area contributed by atoms with Crippen LogP contribution in [-0.4, -0.2) is 12.3 Å². The molecule has 3 heteroatoms. The van der Waals surface area contributed by atoms with E-state index in [0.29, 0.717) is 10.0 Å². The van der Waals surface area contributed by atoms with E-state index in [-0.39, 0.29) is 0 Å². The highest BCUT2D eigenvalue weighted by Gasteiger charge is 2.09. The molecule has 0 saturated carbocycles. The van der Waals surface area contributed by atoms with Crippen LogP contribution in [0.5, 0.6) is 0 Å². The van der Waals surface area contributed by atoms with Crippen molar-refractivity contribution in [3.8, 4) is 0 Å². The lowest BCUT2D eigenvalue weighted by molar-refractivity contribution is 0.951. The predicted molar refractivity (Wildman–Crippen MR) is 57.1 cm³/mol. The van der Waals surface area contributed by atoms with E-state index in [9.17, 15) is 0 Å². The van der Waals surface area contributed by atoms with Crippen molar-refractivity contribution < 1.29 is 0 Å². The number of hydrogen-bond donors (Lipinski definition) is 0. The Bertz CT molecular complexity index is 358. The molecule has 1 nitrogen and oxygen atoms in total. The Morgan fingerprint density at radius 3 is 2.62 bits per heavy atom. The van der Waals surface area contributed by atoms with E-state index in [1.807, 2.05) is 18.2 Å². The second-order valence-corrected chi connectivity index (χ2v) is 3.88. The molecule has 2 rings (SSSR count). The van der Waals surface area contributed by atoms with E-state index in [1.165, 1.54) is 0 Å².